The minimum atomic E-state index is 0.725. The highest BCUT2D eigenvalue weighted by atomic mass is 15.1. The lowest BCUT2D eigenvalue weighted by molar-refractivity contribution is 0.399. The molecule has 1 N–H and O–H groups in total. The van der Waals surface area contributed by atoms with Gasteiger partial charge in [0.25, 0.3) is 0 Å². The summed E-state index contributed by atoms with van der Waals surface area (Å²) in [6, 6.07) is 0. The van der Waals surface area contributed by atoms with Crippen molar-refractivity contribution in [3.63, 3.8) is 0 Å². The lowest BCUT2D eigenvalue weighted by Gasteiger charge is -2.24. The van der Waals surface area contributed by atoms with Crippen LogP contribution in [0, 0.1) is 11.8 Å². The average molecular weight is 290 g/mol. The van der Waals surface area contributed by atoms with Crippen molar-refractivity contribution in [3.8, 4) is 0 Å². The van der Waals surface area contributed by atoms with Crippen LogP contribution in [0.25, 0.3) is 0 Å². The molecule has 1 heterocycles. The summed E-state index contributed by atoms with van der Waals surface area (Å²) in [5, 5.41) is 3.58. The Morgan fingerprint density at radius 3 is 2.90 bits per heavy atom. The van der Waals surface area contributed by atoms with Crippen LogP contribution < -0.4 is 5.32 Å². The third-order valence-corrected chi connectivity index (χ3v) is 4.07. The topological polar surface area (TPSA) is 41.1 Å². The summed E-state index contributed by atoms with van der Waals surface area (Å²) in [7, 11) is 4.18. The van der Waals surface area contributed by atoms with Gasteiger partial charge < -0.3 is 10.2 Å². The van der Waals surface area contributed by atoms with Crippen molar-refractivity contribution in [2.45, 2.75) is 39.5 Å². The Morgan fingerprint density at radius 2 is 2.19 bits per heavy atom. The van der Waals surface area contributed by atoms with Gasteiger partial charge in [-0.2, -0.15) is 0 Å². The van der Waals surface area contributed by atoms with E-state index in [1.165, 1.54) is 17.7 Å². The van der Waals surface area contributed by atoms with E-state index < -0.39 is 0 Å². The normalized spacial score (nSPS) is 18.3. The lowest BCUT2D eigenvalue weighted by atomic mass is 9.87. The van der Waals surface area contributed by atoms with Gasteiger partial charge in [-0.3, -0.25) is 0 Å². The molecule has 1 aliphatic carbocycles. The van der Waals surface area contributed by atoms with Gasteiger partial charge >= 0.3 is 0 Å². The van der Waals surface area contributed by atoms with Gasteiger partial charge in [-0.25, -0.2) is 9.97 Å². The minimum absolute atomic E-state index is 0.725. The van der Waals surface area contributed by atoms with E-state index in [-0.39, 0.29) is 0 Å². The predicted molar refractivity (Wildman–Crippen MR) is 87.5 cm³/mol. The van der Waals surface area contributed by atoms with Crippen LogP contribution in [0.15, 0.2) is 6.20 Å². The summed E-state index contributed by atoms with van der Waals surface area (Å²) in [5.74, 6) is 2.47. The second kappa shape index (κ2) is 7.85. The first kappa shape index (κ1) is 16.4. The lowest BCUT2D eigenvalue weighted by Crippen LogP contribution is -2.30. The SMILES string of the molecule is CC(C)CNCC1CCc2nc(CCN(C)C)ncc2C1. The molecule has 0 aromatic carbocycles. The molecule has 118 valence electrons. The second-order valence-electron chi connectivity index (χ2n) is 6.97. The summed E-state index contributed by atoms with van der Waals surface area (Å²) in [4.78, 5) is 11.5. The number of likely N-dealkylation sites (N-methyl/N-ethyl adjacent to an activating group) is 1. The molecule has 1 aliphatic rings. The molecule has 0 fully saturated rings. The molecule has 0 bridgehead atoms. The molecule has 1 atom stereocenters. The smallest absolute Gasteiger partial charge is 0.129 e. The molecule has 1 aromatic rings. The molecule has 1 unspecified atom stereocenters. The Bertz CT molecular complexity index is 442. The van der Waals surface area contributed by atoms with Crippen LogP contribution in [0.2, 0.25) is 0 Å². The average Bonchev–Trinajstić information content (AvgIpc) is 2.44. The monoisotopic (exact) mass is 290 g/mol. The van der Waals surface area contributed by atoms with Gasteiger partial charge in [-0.15, -0.1) is 0 Å². The van der Waals surface area contributed by atoms with Gasteiger partial charge in [0, 0.05) is 24.9 Å². The van der Waals surface area contributed by atoms with Crippen molar-refractivity contribution in [2.75, 3.05) is 33.7 Å². The number of rotatable bonds is 7. The van der Waals surface area contributed by atoms with Crippen LogP contribution >= 0.6 is 0 Å². The highest BCUT2D eigenvalue weighted by Crippen LogP contribution is 2.23. The van der Waals surface area contributed by atoms with Crippen molar-refractivity contribution >= 4 is 0 Å². The summed E-state index contributed by atoms with van der Waals surface area (Å²) in [6.45, 7) is 7.77. The number of aromatic nitrogens is 2. The summed E-state index contributed by atoms with van der Waals surface area (Å²) < 4.78 is 0. The maximum absolute atomic E-state index is 4.77. The van der Waals surface area contributed by atoms with E-state index in [0.717, 1.165) is 56.6 Å². The maximum Gasteiger partial charge on any atom is 0.129 e. The first-order chi connectivity index (χ1) is 10.0. The van der Waals surface area contributed by atoms with Gasteiger partial charge in [0.1, 0.15) is 5.82 Å². The quantitative estimate of drug-likeness (QED) is 0.833. The third kappa shape index (κ3) is 5.36. The molecule has 0 spiro atoms. The van der Waals surface area contributed by atoms with Gasteiger partial charge in [-0.1, -0.05) is 13.8 Å². The Kier molecular flexibility index (Phi) is 6.12. The minimum Gasteiger partial charge on any atom is -0.316 e. The highest BCUT2D eigenvalue weighted by molar-refractivity contribution is 5.21. The largest absolute Gasteiger partial charge is 0.316 e. The molecule has 1 aromatic heterocycles. The summed E-state index contributed by atoms with van der Waals surface area (Å²) >= 11 is 0. The van der Waals surface area contributed by atoms with Gasteiger partial charge in [0.15, 0.2) is 0 Å². The van der Waals surface area contributed by atoms with Crippen LogP contribution in [0.1, 0.15) is 37.4 Å². The fourth-order valence-corrected chi connectivity index (χ4v) is 2.82. The van der Waals surface area contributed by atoms with Crippen molar-refractivity contribution in [1.29, 1.82) is 0 Å². The molecule has 2 rings (SSSR count). The number of fused-ring (bicyclic) bond motifs is 1. The van der Waals surface area contributed by atoms with E-state index in [1.54, 1.807) is 0 Å². The Hall–Kier alpha value is -1.00. The van der Waals surface area contributed by atoms with Crippen molar-refractivity contribution in [2.24, 2.45) is 11.8 Å². The summed E-state index contributed by atoms with van der Waals surface area (Å²) in [6.07, 6.45) is 6.51. The van der Waals surface area contributed by atoms with Gasteiger partial charge in [0.05, 0.1) is 0 Å². The molecule has 0 saturated heterocycles. The van der Waals surface area contributed by atoms with Crippen LogP contribution in [0.4, 0.5) is 0 Å². The van der Waals surface area contributed by atoms with E-state index in [2.05, 4.69) is 49.3 Å². The number of nitrogens with one attached hydrogen (secondary N) is 1. The molecule has 0 amide bonds. The van der Waals surface area contributed by atoms with Crippen LogP contribution in [0.5, 0.6) is 0 Å². The second-order valence-corrected chi connectivity index (χ2v) is 6.97. The fourth-order valence-electron chi connectivity index (χ4n) is 2.82. The molecule has 0 saturated carbocycles. The van der Waals surface area contributed by atoms with Crippen molar-refractivity contribution in [1.82, 2.24) is 20.2 Å². The molecule has 4 heteroatoms. The van der Waals surface area contributed by atoms with Gasteiger partial charge in [-0.05, 0) is 63.8 Å². The van der Waals surface area contributed by atoms with Crippen LogP contribution in [-0.4, -0.2) is 48.6 Å². The maximum atomic E-state index is 4.77. The predicted octanol–water partition coefficient (Wildman–Crippen LogP) is 1.93. The van der Waals surface area contributed by atoms with E-state index in [0.29, 0.717) is 0 Å². The number of hydrogen-bond acceptors (Lipinski definition) is 4. The first-order valence-electron chi connectivity index (χ1n) is 8.23. The third-order valence-electron chi connectivity index (χ3n) is 4.07. The molecular weight excluding hydrogens is 260 g/mol. The molecule has 21 heavy (non-hydrogen) atoms. The van der Waals surface area contributed by atoms with E-state index >= 15 is 0 Å². The highest BCUT2D eigenvalue weighted by Gasteiger charge is 2.20. The van der Waals surface area contributed by atoms with Crippen LogP contribution in [-0.2, 0) is 19.3 Å². The first-order valence-corrected chi connectivity index (χ1v) is 8.23. The number of aryl methyl sites for hydroxylation is 1. The van der Waals surface area contributed by atoms with Gasteiger partial charge in [0.2, 0.25) is 0 Å². The van der Waals surface area contributed by atoms with E-state index in [1.807, 2.05) is 0 Å². The summed E-state index contributed by atoms with van der Waals surface area (Å²) in [5.41, 5.74) is 2.66. The van der Waals surface area contributed by atoms with Crippen molar-refractivity contribution < 1.29 is 0 Å². The number of hydrogen-bond donors (Lipinski definition) is 1. The molecule has 4 nitrogen and oxygen atoms in total. The number of nitrogens with zero attached hydrogens (tertiary/aromatic N) is 3. The molecule has 0 aliphatic heterocycles. The Morgan fingerprint density at radius 1 is 1.38 bits per heavy atom. The zero-order valence-electron chi connectivity index (χ0n) is 14.0. The molecular formula is C17H30N4. The fraction of sp³-hybridized carbons (Fsp3) is 0.765. The zero-order valence-corrected chi connectivity index (χ0v) is 14.0. The van der Waals surface area contributed by atoms with E-state index in [4.69, 9.17) is 4.98 Å². The zero-order chi connectivity index (χ0) is 15.2. The van der Waals surface area contributed by atoms with Crippen molar-refractivity contribution in [3.05, 3.63) is 23.3 Å². The van der Waals surface area contributed by atoms with E-state index in [9.17, 15) is 0 Å². The standard InChI is InChI=1S/C17H30N4/c1-13(2)10-18-11-14-5-6-16-15(9-14)12-19-17(20-16)7-8-21(3)4/h12-14,18H,5-11H2,1-4H3. The Labute approximate surface area is 129 Å². The Balaban J connectivity index is 1.87. The molecule has 0 radical (unpaired) electrons. The van der Waals surface area contributed by atoms with Crippen LogP contribution in [0.3, 0.4) is 0 Å².